The van der Waals surface area contributed by atoms with Crippen LogP contribution in [0, 0.1) is 6.92 Å². The average Bonchev–Trinajstić information content (AvgIpc) is 2.69. The Morgan fingerprint density at radius 1 is 1.24 bits per heavy atom. The zero-order valence-corrected chi connectivity index (χ0v) is 11.9. The summed E-state index contributed by atoms with van der Waals surface area (Å²) in [6.07, 6.45) is 0. The Morgan fingerprint density at radius 2 is 1.88 bits per heavy atom. The van der Waals surface area contributed by atoms with Crippen molar-refractivity contribution in [1.82, 2.24) is 0 Å². The zero-order valence-electron chi connectivity index (χ0n) is 9.54. The molecule has 0 saturated carbocycles. The number of alkyl halides is 1. The number of halogens is 2. The lowest BCUT2D eigenvalue weighted by molar-refractivity contribution is 0.414. The normalized spacial score (nSPS) is 12.5. The van der Waals surface area contributed by atoms with E-state index < -0.39 is 0 Å². The van der Waals surface area contributed by atoms with Crippen molar-refractivity contribution in [3.63, 3.8) is 0 Å². The van der Waals surface area contributed by atoms with E-state index in [4.69, 9.17) is 27.9 Å². The molecule has 0 radical (unpaired) electrons. The van der Waals surface area contributed by atoms with Crippen molar-refractivity contribution in [2.45, 2.75) is 12.3 Å². The van der Waals surface area contributed by atoms with Gasteiger partial charge in [-0.2, -0.15) is 0 Å². The van der Waals surface area contributed by atoms with Crippen molar-refractivity contribution in [2.75, 3.05) is 7.11 Å². The van der Waals surface area contributed by atoms with Gasteiger partial charge in [0, 0.05) is 4.88 Å². The smallest absolute Gasteiger partial charge is 0.118 e. The quantitative estimate of drug-likeness (QED) is 0.718. The molecule has 0 bridgehead atoms. The number of hydrogen-bond donors (Lipinski definition) is 0. The molecule has 4 heteroatoms. The Hall–Kier alpha value is -0.700. The molecule has 0 fully saturated rings. The van der Waals surface area contributed by atoms with Crippen molar-refractivity contribution in [2.24, 2.45) is 0 Å². The van der Waals surface area contributed by atoms with Crippen molar-refractivity contribution < 1.29 is 4.74 Å². The molecule has 0 aliphatic heterocycles. The molecule has 0 N–H and O–H groups in total. The molecule has 2 rings (SSSR count). The van der Waals surface area contributed by atoms with Gasteiger partial charge in [0.2, 0.25) is 0 Å². The third kappa shape index (κ3) is 2.76. The Bertz CT molecular complexity index is 485. The minimum Gasteiger partial charge on any atom is -0.497 e. The maximum atomic E-state index is 6.42. The number of thiophene rings is 1. The molecule has 0 aliphatic carbocycles. The summed E-state index contributed by atoms with van der Waals surface area (Å²) in [5, 5.41) is -0.155. The van der Waals surface area contributed by atoms with E-state index in [-0.39, 0.29) is 5.38 Å². The molecule has 1 unspecified atom stereocenters. The first kappa shape index (κ1) is 12.7. The second kappa shape index (κ2) is 5.30. The van der Waals surface area contributed by atoms with Crippen LogP contribution in [-0.4, -0.2) is 7.11 Å². The number of rotatable bonds is 3. The minimum atomic E-state index is -0.155. The molecule has 0 saturated heterocycles. The maximum Gasteiger partial charge on any atom is 0.118 e. The summed E-state index contributed by atoms with van der Waals surface area (Å²) in [6, 6.07) is 9.80. The average molecular weight is 287 g/mol. The highest BCUT2D eigenvalue weighted by Crippen LogP contribution is 2.37. The molecule has 1 atom stereocenters. The summed E-state index contributed by atoms with van der Waals surface area (Å²) in [5.41, 5.74) is 2.12. The van der Waals surface area contributed by atoms with Crippen molar-refractivity contribution in [3.05, 3.63) is 50.7 Å². The monoisotopic (exact) mass is 286 g/mol. The van der Waals surface area contributed by atoms with Gasteiger partial charge in [-0.1, -0.05) is 23.7 Å². The van der Waals surface area contributed by atoms with E-state index in [0.29, 0.717) is 0 Å². The topological polar surface area (TPSA) is 9.23 Å². The second-order valence-corrected chi connectivity index (χ2v) is 5.86. The van der Waals surface area contributed by atoms with E-state index in [1.807, 2.05) is 37.3 Å². The van der Waals surface area contributed by atoms with Gasteiger partial charge in [0.05, 0.1) is 16.8 Å². The molecule has 1 aromatic heterocycles. The number of aryl methyl sites for hydroxylation is 1. The first-order valence-electron chi connectivity index (χ1n) is 5.15. The largest absolute Gasteiger partial charge is 0.497 e. The number of benzene rings is 1. The van der Waals surface area contributed by atoms with Gasteiger partial charge < -0.3 is 4.74 Å². The van der Waals surface area contributed by atoms with Gasteiger partial charge in [0.15, 0.2) is 0 Å². The van der Waals surface area contributed by atoms with E-state index in [9.17, 15) is 0 Å². The van der Waals surface area contributed by atoms with Crippen LogP contribution in [0.2, 0.25) is 4.34 Å². The third-order valence-electron chi connectivity index (χ3n) is 2.53. The Balaban J connectivity index is 2.26. The summed E-state index contributed by atoms with van der Waals surface area (Å²) < 4.78 is 5.92. The lowest BCUT2D eigenvalue weighted by Gasteiger charge is -2.08. The molecule has 17 heavy (non-hydrogen) atoms. The zero-order chi connectivity index (χ0) is 12.4. The summed E-state index contributed by atoms with van der Waals surface area (Å²) in [5.74, 6) is 0.831. The fraction of sp³-hybridized carbons (Fsp3) is 0.231. The van der Waals surface area contributed by atoms with Gasteiger partial charge in [-0.15, -0.1) is 22.9 Å². The molecule has 0 amide bonds. The van der Waals surface area contributed by atoms with Gasteiger partial charge in [-0.3, -0.25) is 0 Å². The number of hydrogen-bond acceptors (Lipinski definition) is 2. The van der Waals surface area contributed by atoms with Crippen LogP contribution in [0.1, 0.15) is 21.4 Å². The fourth-order valence-electron chi connectivity index (χ4n) is 1.55. The molecular weight excluding hydrogens is 275 g/mol. The van der Waals surface area contributed by atoms with Gasteiger partial charge in [-0.25, -0.2) is 0 Å². The molecule has 1 nitrogen and oxygen atoms in total. The highest BCUT2D eigenvalue weighted by molar-refractivity contribution is 7.16. The van der Waals surface area contributed by atoms with Gasteiger partial charge in [0.25, 0.3) is 0 Å². The van der Waals surface area contributed by atoms with Gasteiger partial charge in [0.1, 0.15) is 5.75 Å². The third-order valence-corrected chi connectivity index (χ3v) is 4.77. The summed E-state index contributed by atoms with van der Waals surface area (Å²) in [6.45, 7) is 1.99. The summed E-state index contributed by atoms with van der Waals surface area (Å²) in [7, 11) is 1.65. The number of methoxy groups -OCH3 is 1. The molecular formula is C13H12Cl2OS. The first-order valence-corrected chi connectivity index (χ1v) is 6.78. The summed E-state index contributed by atoms with van der Waals surface area (Å²) >= 11 is 14.0. The molecule has 90 valence electrons. The van der Waals surface area contributed by atoms with Crippen LogP contribution >= 0.6 is 34.5 Å². The van der Waals surface area contributed by atoms with E-state index in [1.165, 1.54) is 11.3 Å². The molecule has 2 aromatic rings. The maximum absolute atomic E-state index is 6.42. The second-order valence-electron chi connectivity index (χ2n) is 3.74. The SMILES string of the molecule is COc1ccc(C(Cl)c2cc(C)c(Cl)s2)cc1. The van der Waals surface area contributed by atoms with Crippen LogP contribution in [0.5, 0.6) is 5.75 Å². The van der Waals surface area contributed by atoms with Crippen molar-refractivity contribution in [3.8, 4) is 5.75 Å². The number of ether oxygens (including phenoxy) is 1. The van der Waals surface area contributed by atoms with E-state index in [0.717, 1.165) is 26.1 Å². The molecule has 0 aliphatic rings. The summed E-state index contributed by atoms with van der Waals surface area (Å²) in [4.78, 5) is 1.07. The molecule has 1 aromatic carbocycles. The Labute approximate surface area is 115 Å². The predicted octanol–water partition coefficient (Wildman–Crippen LogP) is 5.05. The van der Waals surface area contributed by atoms with Crippen LogP contribution in [0.3, 0.4) is 0 Å². The molecule has 0 spiro atoms. The van der Waals surface area contributed by atoms with Gasteiger partial charge in [-0.05, 0) is 36.2 Å². The van der Waals surface area contributed by atoms with E-state index in [2.05, 4.69) is 0 Å². The Kier molecular flexibility index (Phi) is 3.97. The van der Waals surface area contributed by atoms with Gasteiger partial charge >= 0.3 is 0 Å². The Morgan fingerprint density at radius 3 is 2.35 bits per heavy atom. The van der Waals surface area contributed by atoms with Crippen LogP contribution < -0.4 is 4.74 Å². The van der Waals surface area contributed by atoms with Crippen LogP contribution in [0.15, 0.2) is 30.3 Å². The fourth-order valence-corrected chi connectivity index (χ4v) is 3.11. The van der Waals surface area contributed by atoms with Crippen molar-refractivity contribution in [1.29, 1.82) is 0 Å². The highest BCUT2D eigenvalue weighted by Gasteiger charge is 2.14. The lowest BCUT2D eigenvalue weighted by Crippen LogP contribution is -1.90. The van der Waals surface area contributed by atoms with E-state index >= 15 is 0 Å². The highest BCUT2D eigenvalue weighted by atomic mass is 35.5. The first-order chi connectivity index (χ1) is 8.11. The molecule has 1 heterocycles. The van der Waals surface area contributed by atoms with Crippen LogP contribution in [-0.2, 0) is 0 Å². The van der Waals surface area contributed by atoms with Crippen molar-refractivity contribution >= 4 is 34.5 Å². The standard InChI is InChI=1S/C13H12Cl2OS/c1-8-7-11(17-13(8)15)12(14)9-3-5-10(16-2)6-4-9/h3-7,12H,1-2H3. The van der Waals surface area contributed by atoms with Crippen LogP contribution in [0.25, 0.3) is 0 Å². The van der Waals surface area contributed by atoms with Crippen LogP contribution in [0.4, 0.5) is 0 Å². The lowest BCUT2D eigenvalue weighted by atomic mass is 10.1. The minimum absolute atomic E-state index is 0.155. The van der Waals surface area contributed by atoms with E-state index in [1.54, 1.807) is 7.11 Å². The predicted molar refractivity (Wildman–Crippen MR) is 74.8 cm³/mol.